The van der Waals surface area contributed by atoms with Gasteiger partial charge in [0.25, 0.3) is 0 Å². The zero-order chi connectivity index (χ0) is 20.1. The molecule has 2 amide bonds. The van der Waals surface area contributed by atoms with Gasteiger partial charge in [0.15, 0.2) is 0 Å². The minimum atomic E-state index is -0.334. The highest BCUT2D eigenvalue weighted by molar-refractivity contribution is 6.06. The van der Waals surface area contributed by atoms with Crippen molar-refractivity contribution in [2.45, 2.75) is 31.5 Å². The van der Waals surface area contributed by atoms with E-state index in [2.05, 4.69) is 4.90 Å². The number of amides is 2. The molecule has 0 spiro atoms. The van der Waals surface area contributed by atoms with Crippen LogP contribution >= 0.6 is 12.4 Å². The number of amidine groups is 1. The van der Waals surface area contributed by atoms with Crippen molar-refractivity contribution in [2.24, 2.45) is 17.6 Å². The van der Waals surface area contributed by atoms with E-state index in [9.17, 15) is 9.59 Å². The van der Waals surface area contributed by atoms with Gasteiger partial charge < -0.3 is 5.73 Å². The van der Waals surface area contributed by atoms with Crippen molar-refractivity contribution in [3.63, 3.8) is 0 Å². The molecule has 6 nitrogen and oxygen atoms in total. The van der Waals surface area contributed by atoms with Crippen molar-refractivity contribution in [2.75, 3.05) is 6.54 Å². The van der Waals surface area contributed by atoms with Gasteiger partial charge >= 0.3 is 0 Å². The SMILES string of the molecule is Cl.N=C(N)c1ccc(C2C3C(=O)N(Cc4ccccc4)C(=O)C3C3CCCN32)cc1. The highest BCUT2D eigenvalue weighted by atomic mass is 35.5. The lowest BCUT2D eigenvalue weighted by Gasteiger charge is -2.29. The summed E-state index contributed by atoms with van der Waals surface area (Å²) >= 11 is 0. The Hall–Kier alpha value is -2.70. The van der Waals surface area contributed by atoms with E-state index in [-0.39, 0.29) is 54.0 Å². The molecular formula is C23H25ClN4O2. The van der Waals surface area contributed by atoms with Gasteiger partial charge in [-0.2, -0.15) is 0 Å². The number of fused-ring (bicyclic) bond motifs is 3. The van der Waals surface area contributed by atoms with E-state index in [1.165, 1.54) is 4.90 Å². The van der Waals surface area contributed by atoms with Crippen LogP contribution in [-0.4, -0.2) is 40.0 Å². The Morgan fingerprint density at radius 3 is 2.33 bits per heavy atom. The molecule has 5 rings (SSSR count). The van der Waals surface area contributed by atoms with Gasteiger partial charge in [0.1, 0.15) is 5.84 Å². The van der Waals surface area contributed by atoms with Crippen molar-refractivity contribution in [1.82, 2.24) is 9.80 Å². The smallest absolute Gasteiger partial charge is 0.235 e. The van der Waals surface area contributed by atoms with Crippen LogP contribution in [0.5, 0.6) is 0 Å². The molecule has 0 radical (unpaired) electrons. The zero-order valence-electron chi connectivity index (χ0n) is 16.5. The van der Waals surface area contributed by atoms with Crippen LogP contribution in [0.3, 0.4) is 0 Å². The summed E-state index contributed by atoms with van der Waals surface area (Å²) in [6.07, 6.45) is 2.01. The molecule has 30 heavy (non-hydrogen) atoms. The Morgan fingerprint density at radius 2 is 1.67 bits per heavy atom. The maximum absolute atomic E-state index is 13.4. The maximum Gasteiger partial charge on any atom is 0.235 e. The van der Waals surface area contributed by atoms with E-state index >= 15 is 0 Å². The van der Waals surface area contributed by atoms with Crippen LogP contribution in [0.25, 0.3) is 0 Å². The topological polar surface area (TPSA) is 90.5 Å². The summed E-state index contributed by atoms with van der Waals surface area (Å²) in [5.74, 6) is -0.644. The summed E-state index contributed by atoms with van der Waals surface area (Å²) in [5, 5.41) is 7.60. The first-order valence-corrected chi connectivity index (χ1v) is 10.2. The summed E-state index contributed by atoms with van der Waals surface area (Å²) in [4.78, 5) is 30.5. The second-order valence-corrected chi connectivity index (χ2v) is 8.23. The molecule has 3 aliphatic rings. The lowest BCUT2D eigenvalue weighted by molar-refractivity contribution is -0.142. The molecule has 3 N–H and O–H groups in total. The Kier molecular flexibility index (Phi) is 5.38. The number of nitrogens with zero attached hydrogens (tertiary/aromatic N) is 2. The molecule has 3 saturated heterocycles. The summed E-state index contributed by atoms with van der Waals surface area (Å²) in [7, 11) is 0. The average Bonchev–Trinajstić information content (AvgIpc) is 3.37. The number of rotatable bonds is 4. The number of imide groups is 1. The van der Waals surface area contributed by atoms with Crippen molar-refractivity contribution >= 4 is 30.1 Å². The van der Waals surface area contributed by atoms with Crippen LogP contribution < -0.4 is 5.73 Å². The fourth-order valence-corrected chi connectivity index (χ4v) is 5.44. The summed E-state index contributed by atoms with van der Waals surface area (Å²) in [6, 6.07) is 17.3. The predicted octanol–water partition coefficient (Wildman–Crippen LogP) is 2.71. The Labute approximate surface area is 182 Å². The van der Waals surface area contributed by atoms with E-state index in [0.29, 0.717) is 12.1 Å². The molecule has 0 aliphatic carbocycles. The fraction of sp³-hybridized carbons (Fsp3) is 0.348. The van der Waals surface area contributed by atoms with E-state index in [4.69, 9.17) is 11.1 Å². The summed E-state index contributed by atoms with van der Waals surface area (Å²) in [5.41, 5.74) is 8.25. The van der Waals surface area contributed by atoms with Crippen LogP contribution in [0.2, 0.25) is 0 Å². The summed E-state index contributed by atoms with van der Waals surface area (Å²) < 4.78 is 0. The molecule has 4 atom stereocenters. The second-order valence-electron chi connectivity index (χ2n) is 8.23. The quantitative estimate of drug-likeness (QED) is 0.448. The highest BCUT2D eigenvalue weighted by Crippen LogP contribution is 2.53. The Balaban J connectivity index is 0.00000218. The molecule has 3 heterocycles. The van der Waals surface area contributed by atoms with E-state index in [1.54, 1.807) is 0 Å². The summed E-state index contributed by atoms with van der Waals surface area (Å²) in [6.45, 7) is 1.25. The minimum Gasteiger partial charge on any atom is -0.384 e. The number of carbonyl (C=O) groups excluding carboxylic acids is 2. The molecule has 7 heteroatoms. The second kappa shape index (κ2) is 7.85. The predicted molar refractivity (Wildman–Crippen MR) is 116 cm³/mol. The average molecular weight is 425 g/mol. The van der Waals surface area contributed by atoms with Crippen LogP contribution in [-0.2, 0) is 16.1 Å². The normalized spacial score (nSPS) is 27.7. The van der Waals surface area contributed by atoms with Crippen molar-refractivity contribution in [1.29, 1.82) is 5.41 Å². The van der Waals surface area contributed by atoms with Gasteiger partial charge in [0.05, 0.1) is 18.4 Å². The van der Waals surface area contributed by atoms with Crippen molar-refractivity contribution in [3.05, 3.63) is 71.3 Å². The van der Waals surface area contributed by atoms with Crippen LogP contribution in [0.15, 0.2) is 54.6 Å². The molecule has 0 saturated carbocycles. The lowest BCUT2D eigenvalue weighted by Crippen LogP contribution is -2.38. The molecule has 156 valence electrons. The number of hydrogen-bond donors (Lipinski definition) is 2. The van der Waals surface area contributed by atoms with Gasteiger partial charge in [-0.15, -0.1) is 12.4 Å². The standard InChI is InChI=1S/C23H24N4O2.ClH/c24-21(25)16-10-8-15(9-11-16)20-19-18(17-7-4-12-26(17)20)22(28)27(23(19)29)13-14-5-2-1-3-6-14;/h1-3,5-6,8-11,17-20H,4,7,12-13H2,(H3,24,25);1H. The van der Waals surface area contributed by atoms with E-state index in [0.717, 1.165) is 30.5 Å². The number of halogens is 1. The number of likely N-dealkylation sites (tertiary alicyclic amines) is 1. The lowest BCUT2D eigenvalue weighted by atomic mass is 9.85. The monoisotopic (exact) mass is 424 g/mol. The minimum absolute atomic E-state index is 0. The van der Waals surface area contributed by atoms with Gasteiger partial charge in [-0.1, -0.05) is 54.6 Å². The molecule has 0 bridgehead atoms. The zero-order valence-corrected chi connectivity index (χ0v) is 17.3. The number of nitrogens with two attached hydrogens (primary N) is 1. The highest BCUT2D eigenvalue weighted by Gasteiger charge is 2.62. The van der Waals surface area contributed by atoms with Crippen LogP contribution in [0.4, 0.5) is 0 Å². The fourth-order valence-electron chi connectivity index (χ4n) is 5.44. The van der Waals surface area contributed by atoms with Gasteiger partial charge in [-0.3, -0.25) is 24.8 Å². The Morgan fingerprint density at radius 1 is 1.00 bits per heavy atom. The van der Waals surface area contributed by atoms with Crippen LogP contribution in [0.1, 0.15) is 35.6 Å². The third kappa shape index (κ3) is 3.11. The van der Waals surface area contributed by atoms with Gasteiger partial charge in [0.2, 0.25) is 11.8 Å². The van der Waals surface area contributed by atoms with Crippen LogP contribution in [0, 0.1) is 17.2 Å². The first-order chi connectivity index (χ1) is 14.1. The Bertz CT molecular complexity index is 978. The maximum atomic E-state index is 13.4. The van der Waals surface area contributed by atoms with E-state index < -0.39 is 0 Å². The first kappa shape index (κ1) is 20.6. The number of hydrogen-bond acceptors (Lipinski definition) is 4. The van der Waals surface area contributed by atoms with Gasteiger partial charge in [-0.05, 0) is 30.5 Å². The molecule has 2 aromatic rings. The third-order valence-corrected chi connectivity index (χ3v) is 6.69. The number of carbonyl (C=O) groups is 2. The molecule has 3 fully saturated rings. The number of nitrogen functional groups attached to an aromatic ring is 1. The number of benzene rings is 2. The third-order valence-electron chi connectivity index (χ3n) is 6.69. The largest absolute Gasteiger partial charge is 0.384 e. The van der Waals surface area contributed by atoms with Gasteiger partial charge in [-0.25, -0.2) is 0 Å². The van der Waals surface area contributed by atoms with E-state index in [1.807, 2.05) is 54.6 Å². The molecular weight excluding hydrogens is 400 g/mol. The van der Waals surface area contributed by atoms with Crippen molar-refractivity contribution < 1.29 is 9.59 Å². The molecule has 0 aromatic heterocycles. The first-order valence-electron chi connectivity index (χ1n) is 10.2. The molecule has 3 aliphatic heterocycles. The van der Waals surface area contributed by atoms with Gasteiger partial charge in [0, 0.05) is 17.6 Å². The van der Waals surface area contributed by atoms with Crippen molar-refractivity contribution in [3.8, 4) is 0 Å². The molecule has 2 aromatic carbocycles. The molecule has 4 unspecified atom stereocenters. The number of nitrogens with one attached hydrogen (secondary N) is 1.